The van der Waals surface area contributed by atoms with E-state index in [2.05, 4.69) is 76.7 Å². The van der Waals surface area contributed by atoms with E-state index in [9.17, 15) is 0 Å². The fourth-order valence-electron chi connectivity index (χ4n) is 5.94. The van der Waals surface area contributed by atoms with Gasteiger partial charge in [-0.15, -0.1) is 11.3 Å². The van der Waals surface area contributed by atoms with Crippen LogP contribution in [0.15, 0.2) is 18.3 Å². The van der Waals surface area contributed by atoms with E-state index in [-0.39, 0.29) is 16.8 Å². The van der Waals surface area contributed by atoms with Gasteiger partial charge in [0.15, 0.2) is 5.13 Å². The Labute approximate surface area is 232 Å². The van der Waals surface area contributed by atoms with Gasteiger partial charge in [-0.05, 0) is 63.6 Å². The quantitative estimate of drug-likeness (QED) is 0.327. The maximum atomic E-state index is 15.6. The molecule has 0 unspecified atom stereocenters. The molecule has 5 nitrogen and oxygen atoms in total. The molecular weight excluding hydrogens is 493 g/mol. The van der Waals surface area contributed by atoms with Crippen molar-refractivity contribution in [2.75, 3.05) is 24.5 Å². The Bertz CT molecular complexity index is 1320. The minimum absolute atomic E-state index is 0.0389. The van der Waals surface area contributed by atoms with Crippen LogP contribution in [0.2, 0.25) is 0 Å². The van der Waals surface area contributed by atoms with Crippen molar-refractivity contribution in [1.82, 2.24) is 19.4 Å². The van der Waals surface area contributed by atoms with Crippen molar-refractivity contribution in [3.63, 3.8) is 0 Å². The molecule has 0 amide bonds. The fourth-order valence-corrected chi connectivity index (χ4v) is 7.05. The minimum atomic E-state index is -0.163. The highest BCUT2D eigenvalue weighted by atomic mass is 32.1. The van der Waals surface area contributed by atoms with Crippen molar-refractivity contribution in [2.45, 2.75) is 104 Å². The monoisotopic (exact) mass is 537 g/mol. The second-order valence-electron chi connectivity index (χ2n) is 13.3. The van der Waals surface area contributed by atoms with E-state index < -0.39 is 0 Å². The van der Waals surface area contributed by atoms with Crippen LogP contribution >= 0.6 is 11.3 Å². The SMILES string of the molecule is Cc1c(CN2CCN(c3ncc(C(C)C)s3)C(C)(C)C2)ccc(F)c1-n1c(C2CC2)nc(C(C)(C)C)c1C. The first-order valence-corrected chi connectivity index (χ1v) is 14.9. The topological polar surface area (TPSA) is 37.2 Å². The van der Waals surface area contributed by atoms with E-state index >= 15 is 4.39 Å². The van der Waals surface area contributed by atoms with Crippen molar-refractivity contribution in [2.24, 2.45) is 0 Å². The van der Waals surface area contributed by atoms with E-state index in [0.717, 1.165) is 66.9 Å². The van der Waals surface area contributed by atoms with Gasteiger partial charge in [0.05, 0.1) is 11.4 Å². The molecule has 3 heterocycles. The van der Waals surface area contributed by atoms with Gasteiger partial charge in [0.25, 0.3) is 0 Å². The largest absolute Gasteiger partial charge is 0.340 e. The van der Waals surface area contributed by atoms with Crippen LogP contribution in [0, 0.1) is 19.7 Å². The summed E-state index contributed by atoms with van der Waals surface area (Å²) in [5, 5.41) is 1.12. The van der Waals surface area contributed by atoms with Crippen LogP contribution in [0.3, 0.4) is 0 Å². The third kappa shape index (κ3) is 5.04. The molecule has 1 saturated heterocycles. The lowest BCUT2D eigenvalue weighted by molar-refractivity contribution is 0.175. The lowest BCUT2D eigenvalue weighted by Gasteiger charge is -2.47. The van der Waals surface area contributed by atoms with E-state index in [4.69, 9.17) is 9.97 Å². The molecule has 0 N–H and O–H groups in total. The summed E-state index contributed by atoms with van der Waals surface area (Å²) < 4.78 is 17.7. The Morgan fingerprint density at radius 1 is 1.13 bits per heavy atom. The van der Waals surface area contributed by atoms with Crippen LogP contribution in [0.25, 0.3) is 5.69 Å². The maximum Gasteiger partial charge on any atom is 0.186 e. The lowest BCUT2D eigenvalue weighted by atomic mass is 9.91. The summed E-state index contributed by atoms with van der Waals surface area (Å²) in [7, 11) is 0. The normalized spacial score (nSPS) is 18.6. The van der Waals surface area contributed by atoms with Crippen molar-refractivity contribution in [1.29, 1.82) is 0 Å². The van der Waals surface area contributed by atoms with Crippen LogP contribution < -0.4 is 4.90 Å². The first-order valence-electron chi connectivity index (χ1n) is 14.1. The summed E-state index contributed by atoms with van der Waals surface area (Å²) in [4.78, 5) is 16.2. The standard InChI is InChI=1S/C31H44FN5S/c1-19(2)25-16-33-29(38-25)36-15-14-35(18-31(36,8)9)17-23-12-13-24(32)26(20(23)3)37-21(4)27(30(5,6)7)34-28(37)22-10-11-22/h12-13,16,19,22H,10-11,14-15,17-18H2,1-9H3. The van der Waals surface area contributed by atoms with Crippen LogP contribution in [0.5, 0.6) is 0 Å². The molecule has 0 atom stereocenters. The highest BCUT2D eigenvalue weighted by Gasteiger charge is 2.37. The Balaban J connectivity index is 1.43. The smallest absolute Gasteiger partial charge is 0.186 e. The van der Waals surface area contributed by atoms with E-state index in [1.807, 2.05) is 23.6 Å². The molecule has 1 saturated carbocycles. The number of anilines is 1. The predicted octanol–water partition coefficient (Wildman–Crippen LogP) is 7.48. The highest BCUT2D eigenvalue weighted by molar-refractivity contribution is 7.15. The van der Waals surface area contributed by atoms with Gasteiger partial charge in [-0.2, -0.15) is 0 Å². The molecule has 0 radical (unpaired) electrons. The Morgan fingerprint density at radius 3 is 2.42 bits per heavy atom. The van der Waals surface area contributed by atoms with Gasteiger partial charge in [-0.3, -0.25) is 9.47 Å². The number of hydrogen-bond acceptors (Lipinski definition) is 5. The average Bonchev–Trinajstić information content (AvgIpc) is 3.43. The van der Waals surface area contributed by atoms with E-state index in [1.54, 1.807) is 6.07 Å². The molecule has 3 aromatic rings. The van der Waals surface area contributed by atoms with Crippen LogP contribution in [-0.4, -0.2) is 44.6 Å². The summed E-state index contributed by atoms with van der Waals surface area (Å²) in [5.41, 5.74) is 4.92. The zero-order chi connectivity index (χ0) is 27.6. The van der Waals surface area contributed by atoms with Gasteiger partial charge in [0, 0.05) is 59.8 Å². The van der Waals surface area contributed by atoms with Crippen LogP contribution in [0.1, 0.15) is 106 Å². The number of thiazole rings is 1. The molecule has 206 valence electrons. The third-order valence-electron chi connectivity index (χ3n) is 8.19. The average molecular weight is 538 g/mol. The van der Waals surface area contributed by atoms with Gasteiger partial charge in [-0.25, -0.2) is 14.4 Å². The number of nitrogens with zero attached hydrogens (tertiary/aromatic N) is 5. The number of imidazole rings is 1. The summed E-state index contributed by atoms with van der Waals surface area (Å²) in [6, 6.07) is 3.64. The van der Waals surface area contributed by atoms with Crippen molar-refractivity contribution in [3.8, 4) is 5.69 Å². The maximum absolute atomic E-state index is 15.6. The first kappa shape index (κ1) is 27.3. The van der Waals surface area contributed by atoms with Crippen LogP contribution in [0.4, 0.5) is 9.52 Å². The van der Waals surface area contributed by atoms with Crippen molar-refractivity contribution >= 4 is 16.5 Å². The summed E-state index contributed by atoms with van der Waals surface area (Å²) >= 11 is 1.82. The van der Waals surface area contributed by atoms with Crippen molar-refractivity contribution in [3.05, 3.63) is 57.4 Å². The molecule has 2 aromatic heterocycles. The van der Waals surface area contributed by atoms with Gasteiger partial charge < -0.3 is 4.90 Å². The van der Waals surface area contributed by atoms with Crippen molar-refractivity contribution < 1.29 is 4.39 Å². The molecule has 38 heavy (non-hydrogen) atoms. The molecule has 0 spiro atoms. The zero-order valence-corrected chi connectivity index (χ0v) is 25.5. The number of aromatic nitrogens is 3. The predicted molar refractivity (Wildman–Crippen MR) is 157 cm³/mol. The van der Waals surface area contributed by atoms with Gasteiger partial charge >= 0.3 is 0 Å². The molecule has 7 heteroatoms. The number of piperazine rings is 1. The molecular formula is C31H44FN5S. The van der Waals surface area contributed by atoms with Gasteiger partial charge in [0.1, 0.15) is 11.6 Å². The van der Waals surface area contributed by atoms with Crippen LogP contribution in [-0.2, 0) is 12.0 Å². The lowest BCUT2D eigenvalue weighted by Crippen LogP contribution is -2.59. The molecule has 1 aromatic carbocycles. The molecule has 2 fully saturated rings. The Hall–Kier alpha value is -2.25. The summed E-state index contributed by atoms with van der Waals surface area (Å²) in [5.74, 6) is 1.80. The molecule has 0 bridgehead atoms. The molecule has 1 aliphatic carbocycles. The number of rotatable bonds is 6. The number of benzene rings is 1. The van der Waals surface area contributed by atoms with Gasteiger partial charge in [-0.1, -0.05) is 40.7 Å². The summed E-state index contributed by atoms with van der Waals surface area (Å²) in [6.07, 6.45) is 4.31. The highest BCUT2D eigenvalue weighted by Crippen LogP contribution is 2.43. The zero-order valence-electron chi connectivity index (χ0n) is 24.7. The number of halogens is 1. The minimum Gasteiger partial charge on any atom is -0.340 e. The van der Waals surface area contributed by atoms with E-state index in [0.29, 0.717) is 17.5 Å². The molecule has 1 aliphatic heterocycles. The third-order valence-corrected chi connectivity index (χ3v) is 9.51. The Kier molecular flexibility index (Phi) is 7.00. The second-order valence-corrected chi connectivity index (χ2v) is 14.4. The Morgan fingerprint density at radius 2 is 1.84 bits per heavy atom. The first-order chi connectivity index (χ1) is 17.8. The van der Waals surface area contributed by atoms with E-state index in [1.165, 1.54) is 10.4 Å². The van der Waals surface area contributed by atoms with Gasteiger partial charge in [0.2, 0.25) is 0 Å². The number of hydrogen-bond donors (Lipinski definition) is 0. The second kappa shape index (κ2) is 9.74. The fraction of sp³-hybridized carbons (Fsp3) is 0.613. The molecule has 2 aliphatic rings. The molecule has 5 rings (SSSR count). The summed E-state index contributed by atoms with van der Waals surface area (Å²) in [6.45, 7) is 23.5.